The van der Waals surface area contributed by atoms with Crippen LogP contribution in [-0.2, 0) is 13.1 Å². The average molecular weight is 254 g/mol. The Morgan fingerprint density at radius 1 is 1.38 bits per heavy atom. The molecule has 0 aliphatic heterocycles. The molecule has 0 amide bonds. The normalized spacial score (nSPS) is 10.9. The molecule has 0 saturated carbocycles. The Bertz CT molecular complexity index is 424. The summed E-state index contributed by atoms with van der Waals surface area (Å²) in [6.07, 6.45) is 0. The van der Waals surface area contributed by atoms with Crippen molar-refractivity contribution in [2.24, 2.45) is 0 Å². The van der Waals surface area contributed by atoms with Gasteiger partial charge in [-0.1, -0.05) is 17.4 Å². The van der Waals surface area contributed by atoms with Crippen LogP contribution in [0.15, 0.2) is 17.5 Å². The van der Waals surface area contributed by atoms with E-state index < -0.39 is 0 Å². The van der Waals surface area contributed by atoms with E-state index in [9.17, 15) is 0 Å². The molecule has 6 heteroatoms. The number of nitrogens with zero attached hydrogens (tertiary/aromatic N) is 3. The lowest BCUT2D eigenvalue weighted by atomic mass is 10.4. The Kier molecular flexibility index (Phi) is 3.87. The molecular formula is C10H14N4S2. The zero-order chi connectivity index (χ0) is 11.4. The number of hydrogen-bond donors (Lipinski definition) is 1. The number of nitrogens with one attached hydrogen (secondary N) is 1. The molecule has 2 rings (SSSR count). The fourth-order valence-corrected chi connectivity index (χ4v) is 2.93. The molecule has 0 atom stereocenters. The minimum atomic E-state index is 0.844. The minimum Gasteiger partial charge on any atom is -0.363 e. The highest BCUT2D eigenvalue weighted by molar-refractivity contribution is 7.15. The van der Waals surface area contributed by atoms with E-state index in [1.54, 1.807) is 22.7 Å². The summed E-state index contributed by atoms with van der Waals surface area (Å²) in [7, 11) is 3.96. The lowest BCUT2D eigenvalue weighted by molar-refractivity contribution is 0.320. The van der Waals surface area contributed by atoms with Crippen LogP contribution in [0.4, 0.5) is 5.13 Å². The first-order chi connectivity index (χ1) is 7.78. The van der Waals surface area contributed by atoms with Crippen molar-refractivity contribution in [3.05, 3.63) is 27.4 Å². The molecule has 0 spiro atoms. The van der Waals surface area contributed by atoms with Crippen LogP contribution < -0.4 is 5.32 Å². The monoisotopic (exact) mass is 254 g/mol. The van der Waals surface area contributed by atoms with Gasteiger partial charge in [0, 0.05) is 18.5 Å². The van der Waals surface area contributed by atoms with E-state index in [0.29, 0.717) is 0 Å². The Labute approximate surface area is 103 Å². The topological polar surface area (TPSA) is 41.1 Å². The fraction of sp³-hybridized carbons (Fsp3) is 0.400. The summed E-state index contributed by atoms with van der Waals surface area (Å²) < 4.78 is 0. The van der Waals surface area contributed by atoms with Gasteiger partial charge in [0.1, 0.15) is 5.01 Å². The first kappa shape index (κ1) is 11.5. The van der Waals surface area contributed by atoms with Crippen molar-refractivity contribution in [1.82, 2.24) is 15.1 Å². The molecule has 0 aromatic carbocycles. The van der Waals surface area contributed by atoms with Gasteiger partial charge >= 0.3 is 0 Å². The molecule has 2 aromatic heterocycles. The zero-order valence-electron chi connectivity index (χ0n) is 9.30. The molecular weight excluding hydrogens is 240 g/mol. The summed E-state index contributed by atoms with van der Waals surface area (Å²) in [5.74, 6) is 0. The molecule has 0 bridgehead atoms. The molecule has 0 unspecified atom stereocenters. The molecule has 0 saturated heterocycles. The molecule has 2 heterocycles. The average Bonchev–Trinajstić information content (AvgIpc) is 2.89. The van der Waals surface area contributed by atoms with Crippen molar-refractivity contribution < 1.29 is 0 Å². The fourth-order valence-electron chi connectivity index (χ4n) is 1.37. The van der Waals surface area contributed by atoms with Crippen molar-refractivity contribution in [3.63, 3.8) is 0 Å². The number of hydrogen-bond acceptors (Lipinski definition) is 6. The van der Waals surface area contributed by atoms with Gasteiger partial charge in [0.25, 0.3) is 0 Å². The molecule has 86 valence electrons. The Balaban J connectivity index is 1.89. The highest BCUT2D eigenvalue weighted by atomic mass is 32.1. The van der Waals surface area contributed by atoms with Gasteiger partial charge in [-0.3, -0.25) is 4.90 Å². The third-order valence-electron chi connectivity index (χ3n) is 2.09. The van der Waals surface area contributed by atoms with E-state index >= 15 is 0 Å². The van der Waals surface area contributed by atoms with E-state index in [1.807, 2.05) is 7.05 Å². The predicted octanol–water partition coefficient (Wildman–Crippen LogP) is 2.27. The Hall–Kier alpha value is -0.980. The quantitative estimate of drug-likeness (QED) is 0.888. The van der Waals surface area contributed by atoms with Gasteiger partial charge in [0.2, 0.25) is 5.13 Å². The molecule has 0 aliphatic carbocycles. The highest BCUT2D eigenvalue weighted by Crippen LogP contribution is 2.17. The summed E-state index contributed by atoms with van der Waals surface area (Å²) in [6, 6.07) is 4.23. The van der Waals surface area contributed by atoms with E-state index in [4.69, 9.17) is 0 Å². The first-order valence-corrected chi connectivity index (χ1v) is 6.68. The van der Waals surface area contributed by atoms with Crippen LogP contribution in [0, 0.1) is 0 Å². The number of anilines is 1. The highest BCUT2D eigenvalue weighted by Gasteiger charge is 2.07. The van der Waals surface area contributed by atoms with Crippen LogP contribution in [0.5, 0.6) is 0 Å². The smallest absolute Gasteiger partial charge is 0.205 e. The number of rotatable bonds is 5. The van der Waals surface area contributed by atoms with Gasteiger partial charge < -0.3 is 5.32 Å². The Morgan fingerprint density at radius 2 is 2.25 bits per heavy atom. The molecule has 2 aromatic rings. The van der Waals surface area contributed by atoms with E-state index in [2.05, 4.69) is 45.0 Å². The maximum atomic E-state index is 4.12. The number of thiophene rings is 1. The summed E-state index contributed by atoms with van der Waals surface area (Å²) >= 11 is 3.39. The lowest BCUT2D eigenvalue weighted by Crippen LogP contribution is -2.16. The van der Waals surface area contributed by atoms with Crippen molar-refractivity contribution in [1.29, 1.82) is 0 Å². The second-order valence-corrected chi connectivity index (χ2v) is 5.60. The van der Waals surface area contributed by atoms with Crippen molar-refractivity contribution in [2.45, 2.75) is 13.1 Å². The van der Waals surface area contributed by atoms with Crippen LogP contribution in [-0.4, -0.2) is 29.2 Å². The maximum Gasteiger partial charge on any atom is 0.205 e. The second kappa shape index (κ2) is 5.38. The van der Waals surface area contributed by atoms with Gasteiger partial charge in [-0.05, 0) is 18.5 Å². The summed E-state index contributed by atoms with van der Waals surface area (Å²) in [4.78, 5) is 3.62. The molecule has 1 N–H and O–H groups in total. The van der Waals surface area contributed by atoms with Crippen molar-refractivity contribution in [2.75, 3.05) is 19.4 Å². The molecule has 4 nitrogen and oxygen atoms in total. The van der Waals surface area contributed by atoms with Crippen molar-refractivity contribution in [3.8, 4) is 0 Å². The molecule has 0 radical (unpaired) electrons. The largest absolute Gasteiger partial charge is 0.363 e. The van der Waals surface area contributed by atoms with E-state index in [1.165, 1.54) is 4.88 Å². The van der Waals surface area contributed by atoms with Crippen molar-refractivity contribution >= 4 is 27.8 Å². The van der Waals surface area contributed by atoms with Gasteiger partial charge in [0.15, 0.2) is 0 Å². The van der Waals surface area contributed by atoms with Gasteiger partial charge in [-0.15, -0.1) is 21.5 Å². The van der Waals surface area contributed by atoms with E-state index in [0.717, 1.165) is 23.2 Å². The number of aromatic nitrogens is 2. The summed E-state index contributed by atoms with van der Waals surface area (Å²) in [5, 5.41) is 15.2. The van der Waals surface area contributed by atoms with Crippen LogP contribution in [0.2, 0.25) is 0 Å². The third-order valence-corrected chi connectivity index (χ3v) is 3.88. The summed E-state index contributed by atoms with van der Waals surface area (Å²) in [5.41, 5.74) is 0. The van der Waals surface area contributed by atoms with E-state index in [-0.39, 0.29) is 0 Å². The summed E-state index contributed by atoms with van der Waals surface area (Å²) in [6.45, 7) is 1.81. The maximum absolute atomic E-state index is 4.12. The standard InChI is InChI=1S/C10H14N4S2/c1-11-10-13-12-9(16-10)7-14(2)6-8-4-3-5-15-8/h3-5H,6-7H2,1-2H3,(H,11,13). The molecule has 16 heavy (non-hydrogen) atoms. The van der Waals surface area contributed by atoms with Crippen LogP contribution in [0.25, 0.3) is 0 Å². The van der Waals surface area contributed by atoms with Crippen LogP contribution in [0.3, 0.4) is 0 Å². The Morgan fingerprint density at radius 3 is 2.88 bits per heavy atom. The molecule has 0 aliphatic rings. The van der Waals surface area contributed by atoms with Gasteiger partial charge in [0.05, 0.1) is 6.54 Å². The lowest BCUT2D eigenvalue weighted by Gasteiger charge is -2.12. The van der Waals surface area contributed by atoms with Gasteiger partial charge in [-0.25, -0.2) is 0 Å². The predicted molar refractivity (Wildman–Crippen MR) is 68.9 cm³/mol. The van der Waals surface area contributed by atoms with Crippen LogP contribution >= 0.6 is 22.7 Å². The first-order valence-electron chi connectivity index (χ1n) is 4.99. The van der Waals surface area contributed by atoms with Gasteiger partial charge in [-0.2, -0.15) is 0 Å². The minimum absolute atomic E-state index is 0.844. The molecule has 0 fully saturated rings. The van der Waals surface area contributed by atoms with Crippen LogP contribution in [0.1, 0.15) is 9.88 Å². The second-order valence-electron chi connectivity index (χ2n) is 3.50. The zero-order valence-corrected chi connectivity index (χ0v) is 10.9. The SMILES string of the molecule is CNc1nnc(CN(C)Cc2cccs2)s1. The third kappa shape index (κ3) is 3.01.